The fourth-order valence-electron chi connectivity index (χ4n) is 1.86. The summed E-state index contributed by atoms with van der Waals surface area (Å²) in [6, 6.07) is 13.1. The summed E-state index contributed by atoms with van der Waals surface area (Å²) in [5.74, 6) is -0.339. The van der Waals surface area contributed by atoms with Crippen molar-refractivity contribution in [3.05, 3.63) is 66.0 Å². The molecule has 4 nitrogen and oxygen atoms in total. The van der Waals surface area contributed by atoms with Gasteiger partial charge >= 0.3 is 0 Å². The molecule has 2 aromatic rings. The first-order valence-electron chi connectivity index (χ1n) is 6.61. The summed E-state index contributed by atoms with van der Waals surface area (Å²) in [7, 11) is 0. The van der Waals surface area contributed by atoms with Crippen molar-refractivity contribution in [3.63, 3.8) is 0 Å². The van der Waals surface area contributed by atoms with E-state index in [0.29, 0.717) is 12.1 Å². The molecule has 3 N–H and O–H groups in total. The van der Waals surface area contributed by atoms with E-state index in [1.165, 1.54) is 6.20 Å². The molecular formula is C15H15Cl3N3O+. The van der Waals surface area contributed by atoms with E-state index in [1.54, 1.807) is 23.6 Å². The Morgan fingerprint density at radius 3 is 2.50 bits per heavy atom. The van der Waals surface area contributed by atoms with Crippen molar-refractivity contribution in [2.24, 2.45) is 0 Å². The van der Waals surface area contributed by atoms with Crippen LogP contribution in [0.5, 0.6) is 0 Å². The number of nitrogens with one attached hydrogen (secondary N) is 1. The molecule has 0 spiro atoms. The van der Waals surface area contributed by atoms with Crippen LogP contribution in [0.1, 0.15) is 15.9 Å². The van der Waals surface area contributed by atoms with E-state index in [2.05, 4.69) is 10.3 Å². The van der Waals surface area contributed by atoms with Crippen molar-refractivity contribution in [1.29, 1.82) is 0 Å². The van der Waals surface area contributed by atoms with Gasteiger partial charge in [-0.3, -0.25) is 15.1 Å². The number of nitrogens with zero attached hydrogens (tertiary/aromatic N) is 1. The summed E-state index contributed by atoms with van der Waals surface area (Å²) in [6.45, 7) is 0.576. The molecule has 1 aromatic heterocycles. The van der Waals surface area contributed by atoms with Crippen molar-refractivity contribution in [2.45, 2.75) is 16.5 Å². The number of carbonyl (C=O) groups excluding carboxylic acids is 1. The van der Waals surface area contributed by atoms with Gasteiger partial charge in [0.25, 0.3) is 9.70 Å². The Morgan fingerprint density at radius 1 is 1.18 bits per heavy atom. The van der Waals surface area contributed by atoms with Crippen molar-refractivity contribution in [2.75, 3.05) is 0 Å². The summed E-state index contributed by atoms with van der Waals surface area (Å²) in [4.78, 5) is 16.1. The third-order valence-electron chi connectivity index (χ3n) is 3.00. The number of hydrogen-bond acceptors (Lipinski definition) is 2. The van der Waals surface area contributed by atoms with Crippen molar-refractivity contribution in [3.8, 4) is 0 Å². The number of hydrogen-bond donors (Lipinski definition) is 2. The van der Waals surface area contributed by atoms with Crippen molar-refractivity contribution in [1.82, 2.24) is 10.3 Å². The molecule has 1 heterocycles. The Hall–Kier alpha value is -1.33. The minimum Gasteiger partial charge on any atom is -0.319 e. The summed E-state index contributed by atoms with van der Waals surface area (Å²) in [6.07, 6.45) is 2.33. The molecule has 0 saturated carbocycles. The number of pyridine rings is 1. The quantitative estimate of drug-likeness (QED) is 0.635. The molecule has 0 unspecified atom stereocenters. The molecule has 0 aliphatic carbocycles. The maximum absolute atomic E-state index is 12.2. The van der Waals surface area contributed by atoms with E-state index in [9.17, 15) is 4.79 Å². The number of nitrogens with two attached hydrogens (primary N) is 1. The number of aromatic nitrogens is 1. The number of amides is 1. The SMILES string of the molecule is O=C(N[C@@H]([NH2+]Cc1ccccc1)C(Cl)(Cl)Cl)c1cccnc1. The van der Waals surface area contributed by atoms with Gasteiger partial charge in [-0.15, -0.1) is 0 Å². The summed E-state index contributed by atoms with van der Waals surface area (Å²) < 4.78 is -1.63. The van der Waals surface area contributed by atoms with E-state index < -0.39 is 9.96 Å². The molecule has 0 saturated heterocycles. The normalized spacial score (nSPS) is 12.7. The van der Waals surface area contributed by atoms with Gasteiger partial charge in [0, 0.05) is 18.0 Å². The molecule has 22 heavy (non-hydrogen) atoms. The number of benzene rings is 1. The molecule has 1 aromatic carbocycles. The molecule has 0 aliphatic rings. The first-order valence-corrected chi connectivity index (χ1v) is 7.75. The predicted octanol–water partition coefficient (Wildman–Crippen LogP) is 2.27. The fraction of sp³-hybridized carbons (Fsp3) is 0.200. The Kier molecular flexibility index (Phi) is 6.03. The van der Waals surface area contributed by atoms with Gasteiger partial charge in [0.15, 0.2) is 0 Å². The molecule has 0 aliphatic heterocycles. The first-order chi connectivity index (χ1) is 10.5. The van der Waals surface area contributed by atoms with Gasteiger partial charge < -0.3 is 5.32 Å². The lowest BCUT2D eigenvalue weighted by atomic mass is 10.2. The van der Waals surface area contributed by atoms with Gasteiger partial charge in [0.05, 0.1) is 5.56 Å². The maximum Gasteiger partial charge on any atom is 0.262 e. The van der Waals surface area contributed by atoms with Gasteiger partial charge in [-0.1, -0.05) is 65.1 Å². The van der Waals surface area contributed by atoms with Crippen molar-refractivity contribution >= 4 is 40.7 Å². The highest BCUT2D eigenvalue weighted by molar-refractivity contribution is 6.68. The van der Waals surface area contributed by atoms with E-state index in [0.717, 1.165) is 5.56 Å². The summed E-state index contributed by atoms with van der Waals surface area (Å²) >= 11 is 17.9. The lowest BCUT2D eigenvalue weighted by Crippen LogP contribution is -2.95. The Balaban J connectivity index is 2.02. The number of halogens is 3. The molecule has 0 bridgehead atoms. The zero-order valence-corrected chi connectivity index (χ0v) is 13.8. The molecule has 0 radical (unpaired) electrons. The molecule has 1 atom stereocenters. The largest absolute Gasteiger partial charge is 0.319 e. The molecule has 116 valence electrons. The second kappa shape index (κ2) is 7.79. The minimum absolute atomic E-state index is 0.339. The van der Waals surface area contributed by atoms with Crippen LogP contribution < -0.4 is 10.6 Å². The van der Waals surface area contributed by atoms with Crippen LogP contribution in [0.4, 0.5) is 0 Å². The first kappa shape index (κ1) is 17.0. The average Bonchev–Trinajstić information content (AvgIpc) is 2.52. The van der Waals surface area contributed by atoms with Crippen LogP contribution in [0, 0.1) is 0 Å². The Bertz CT molecular complexity index is 602. The van der Waals surface area contributed by atoms with E-state index >= 15 is 0 Å². The number of carbonyl (C=O) groups is 1. The van der Waals surface area contributed by atoms with Gasteiger partial charge in [-0.2, -0.15) is 0 Å². The summed E-state index contributed by atoms with van der Waals surface area (Å²) in [5.41, 5.74) is 1.48. The highest BCUT2D eigenvalue weighted by Crippen LogP contribution is 2.27. The molecule has 0 fully saturated rings. The number of alkyl halides is 3. The van der Waals surface area contributed by atoms with E-state index in [4.69, 9.17) is 34.8 Å². The van der Waals surface area contributed by atoms with Crippen LogP contribution >= 0.6 is 34.8 Å². The predicted molar refractivity (Wildman–Crippen MR) is 87.9 cm³/mol. The van der Waals surface area contributed by atoms with Crippen LogP contribution in [0.25, 0.3) is 0 Å². The van der Waals surface area contributed by atoms with Crippen LogP contribution in [0.2, 0.25) is 0 Å². The second-order valence-corrected chi connectivity index (χ2v) is 7.03. The van der Waals surface area contributed by atoms with Crippen LogP contribution in [-0.4, -0.2) is 20.8 Å². The van der Waals surface area contributed by atoms with Gasteiger partial charge in [-0.25, -0.2) is 0 Å². The molecule has 1 amide bonds. The van der Waals surface area contributed by atoms with Gasteiger partial charge in [0.1, 0.15) is 6.54 Å². The molecular weight excluding hydrogens is 345 g/mol. The second-order valence-electron chi connectivity index (χ2n) is 4.66. The Labute approximate surface area is 143 Å². The van der Waals surface area contributed by atoms with Crippen molar-refractivity contribution < 1.29 is 10.1 Å². The lowest BCUT2D eigenvalue weighted by molar-refractivity contribution is -0.706. The maximum atomic E-state index is 12.2. The Morgan fingerprint density at radius 2 is 1.91 bits per heavy atom. The highest BCUT2D eigenvalue weighted by Gasteiger charge is 2.37. The minimum atomic E-state index is -1.63. The van der Waals surface area contributed by atoms with E-state index in [1.807, 2.05) is 30.3 Å². The van der Waals surface area contributed by atoms with Gasteiger partial charge in [0.2, 0.25) is 6.17 Å². The standard InChI is InChI=1S/C15H14Cl3N3O/c16-15(17,18)14(20-9-11-5-2-1-3-6-11)21-13(22)12-7-4-8-19-10-12/h1-8,10,14,20H,9H2,(H,21,22)/p+1/t14-/m1/s1. The number of quaternary nitrogens is 1. The topological polar surface area (TPSA) is 58.6 Å². The van der Waals surface area contributed by atoms with Crippen LogP contribution in [0.3, 0.4) is 0 Å². The third kappa shape index (κ3) is 5.14. The number of rotatable bonds is 5. The zero-order valence-electron chi connectivity index (χ0n) is 11.5. The molecule has 7 heteroatoms. The highest BCUT2D eigenvalue weighted by atomic mass is 35.6. The lowest BCUT2D eigenvalue weighted by Gasteiger charge is -2.23. The fourth-order valence-corrected chi connectivity index (χ4v) is 2.29. The summed E-state index contributed by atoms with van der Waals surface area (Å²) in [5, 5.41) is 4.49. The smallest absolute Gasteiger partial charge is 0.262 e. The third-order valence-corrected chi connectivity index (χ3v) is 3.70. The van der Waals surface area contributed by atoms with Gasteiger partial charge in [-0.05, 0) is 12.1 Å². The van der Waals surface area contributed by atoms with E-state index in [-0.39, 0.29) is 5.91 Å². The average molecular weight is 360 g/mol. The monoisotopic (exact) mass is 358 g/mol. The molecule has 2 rings (SSSR count). The van der Waals surface area contributed by atoms with Crippen LogP contribution in [0.15, 0.2) is 54.9 Å². The van der Waals surface area contributed by atoms with Crippen LogP contribution in [-0.2, 0) is 6.54 Å². The zero-order chi connectivity index (χ0) is 16.0.